The van der Waals surface area contributed by atoms with Crippen molar-refractivity contribution in [3.63, 3.8) is 0 Å². The summed E-state index contributed by atoms with van der Waals surface area (Å²) in [6.07, 6.45) is 1.11. The van der Waals surface area contributed by atoms with E-state index in [9.17, 15) is 5.11 Å². The molecular weight excluding hydrogens is 268 g/mol. The zero-order chi connectivity index (χ0) is 11.4. The van der Waals surface area contributed by atoms with Crippen LogP contribution in [0, 0.1) is 0 Å². The van der Waals surface area contributed by atoms with E-state index in [1.807, 2.05) is 12.1 Å². The Morgan fingerprint density at radius 1 is 1.44 bits per heavy atom. The Morgan fingerprint density at radius 2 is 2.25 bits per heavy atom. The molecule has 0 aromatic heterocycles. The lowest BCUT2D eigenvalue weighted by molar-refractivity contribution is 0.248. The summed E-state index contributed by atoms with van der Waals surface area (Å²) in [4.78, 5) is 2.32. The van der Waals surface area contributed by atoms with E-state index >= 15 is 0 Å². The average molecular weight is 285 g/mol. The van der Waals surface area contributed by atoms with Crippen LogP contribution < -0.4 is 10.2 Å². The van der Waals surface area contributed by atoms with Crippen molar-refractivity contribution in [2.24, 2.45) is 0 Å². The topological polar surface area (TPSA) is 35.5 Å². The minimum absolute atomic E-state index is 0.176. The van der Waals surface area contributed by atoms with Gasteiger partial charge in [0.05, 0.1) is 12.3 Å². The van der Waals surface area contributed by atoms with Crippen LogP contribution in [0.2, 0.25) is 0 Å². The van der Waals surface area contributed by atoms with Crippen LogP contribution in [0.15, 0.2) is 28.7 Å². The first-order valence-corrected chi connectivity index (χ1v) is 6.44. The largest absolute Gasteiger partial charge is 0.395 e. The van der Waals surface area contributed by atoms with Crippen molar-refractivity contribution in [3.8, 4) is 0 Å². The molecule has 1 aromatic rings. The van der Waals surface area contributed by atoms with Gasteiger partial charge in [0.1, 0.15) is 0 Å². The van der Waals surface area contributed by atoms with Crippen LogP contribution in [0.1, 0.15) is 6.42 Å². The quantitative estimate of drug-likeness (QED) is 0.866. The minimum atomic E-state index is 0.176. The van der Waals surface area contributed by atoms with Gasteiger partial charge in [-0.25, -0.2) is 0 Å². The third-order valence-corrected chi connectivity index (χ3v) is 3.56. The minimum Gasteiger partial charge on any atom is -0.395 e. The second-order valence-electron chi connectivity index (χ2n) is 4.08. The highest BCUT2D eigenvalue weighted by Gasteiger charge is 2.18. The summed E-state index contributed by atoms with van der Waals surface area (Å²) in [6, 6.07) is 8.42. The molecule has 0 saturated carbocycles. The Kier molecular flexibility index (Phi) is 4.21. The predicted octanol–water partition coefficient (Wildman–Crippen LogP) is 1.61. The van der Waals surface area contributed by atoms with E-state index in [1.54, 1.807) is 0 Å². The highest BCUT2D eigenvalue weighted by Crippen LogP contribution is 2.26. The second kappa shape index (κ2) is 5.66. The highest BCUT2D eigenvalue weighted by molar-refractivity contribution is 9.10. The van der Waals surface area contributed by atoms with E-state index in [2.05, 4.69) is 38.3 Å². The maximum atomic E-state index is 9.25. The Bertz CT molecular complexity index is 346. The lowest BCUT2D eigenvalue weighted by Gasteiger charge is -2.26. The summed E-state index contributed by atoms with van der Waals surface area (Å²) < 4.78 is 1.12. The summed E-state index contributed by atoms with van der Waals surface area (Å²) in [7, 11) is 0. The van der Waals surface area contributed by atoms with Gasteiger partial charge < -0.3 is 15.3 Å². The standard InChI is InChI=1S/C12H17BrN2O/c13-11-4-1-2-5-12(11)15-7-3-6-14-10(8-15)9-16/h1-2,4-5,10,14,16H,3,6-9H2. The highest BCUT2D eigenvalue weighted by atomic mass is 79.9. The van der Waals surface area contributed by atoms with Gasteiger partial charge in [-0.15, -0.1) is 0 Å². The van der Waals surface area contributed by atoms with E-state index in [0.717, 1.165) is 30.5 Å². The number of nitrogens with zero attached hydrogens (tertiary/aromatic N) is 1. The van der Waals surface area contributed by atoms with Gasteiger partial charge >= 0.3 is 0 Å². The number of benzene rings is 1. The molecule has 1 fully saturated rings. The predicted molar refractivity (Wildman–Crippen MR) is 69.8 cm³/mol. The normalized spacial score (nSPS) is 21.9. The van der Waals surface area contributed by atoms with Crippen molar-refractivity contribution < 1.29 is 5.11 Å². The summed E-state index contributed by atoms with van der Waals surface area (Å²) in [6.45, 7) is 3.07. The van der Waals surface area contributed by atoms with Gasteiger partial charge in [-0.05, 0) is 41.0 Å². The average Bonchev–Trinajstić information content (AvgIpc) is 2.55. The molecule has 0 aliphatic carbocycles. The van der Waals surface area contributed by atoms with Crippen LogP contribution in [0.25, 0.3) is 0 Å². The Morgan fingerprint density at radius 3 is 3.00 bits per heavy atom. The molecule has 1 aliphatic rings. The SMILES string of the molecule is OCC1CN(c2ccccc2Br)CCCN1. The number of hydrogen-bond acceptors (Lipinski definition) is 3. The van der Waals surface area contributed by atoms with E-state index in [-0.39, 0.29) is 12.6 Å². The van der Waals surface area contributed by atoms with Crippen LogP contribution in [0.5, 0.6) is 0 Å². The zero-order valence-corrected chi connectivity index (χ0v) is 10.8. The van der Waals surface area contributed by atoms with Crippen molar-refractivity contribution in [1.29, 1.82) is 0 Å². The number of aliphatic hydroxyl groups excluding tert-OH is 1. The first-order valence-electron chi connectivity index (χ1n) is 5.65. The van der Waals surface area contributed by atoms with Crippen LogP contribution in [0.3, 0.4) is 0 Å². The number of aliphatic hydroxyl groups is 1. The number of halogens is 1. The molecule has 1 saturated heterocycles. The second-order valence-corrected chi connectivity index (χ2v) is 4.94. The molecule has 1 heterocycles. The molecule has 2 rings (SSSR count). The molecule has 4 heteroatoms. The Labute approximate surface area is 105 Å². The summed E-state index contributed by atoms with van der Waals surface area (Å²) >= 11 is 3.57. The van der Waals surface area contributed by atoms with Gasteiger partial charge in [0.2, 0.25) is 0 Å². The van der Waals surface area contributed by atoms with E-state index in [4.69, 9.17) is 0 Å². The van der Waals surface area contributed by atoms with Gasteiger partial charge in [-0.3, -0.25) is 0 Å². The summed E-state index contributed by atoms with van der Waals surface area (Å²) in [5, 5.41) is 12.6. The van der Waals surface area contributed by atoms with Crippen molar-refractivity contribution >= 4 is 21.6 Å². The van der Waals surface area contributed by atoms with Crippen molar-refractivity contribution in [2.75, 3.05) is 31.1 Å². The lowest BCUT2D eigenvalue weighted by Crippen LogP contribution is -2.40. The molecule has 1 aromatic carbocycles. The molecule has 1 unspecified atom stereocenters. The number of nitrogens with one attached hydrogen (secondary N) is 1. The van der Waals surface area contributed by atoms with Crippen LogP contribution >= 0.6 is 15.9 Å². The monoisotopic (exact) mass is 284 g/mol. The van der Waals surface area contributed by atoms with Crippen LogP contribution in [0.4, 0.5) is 5.69 Å². The maximum absolute atomic E-state index is 9.25. The maximum Gasteiger partial charge on any atom is 0.0601 e. The van der Waals surface area contributed by atoms with Crippen molar-refractivity contribution in [3.05, 3.63) is 28.7 Å². The molecule has 16 heavy (non-hydrogen) atoms. The molecule has 0 amide bonds. The van der Waals surface area contributed by atoms with Gasteiger partial charge in [0, 0.05) is 23.6 Å². The molecule has 0 radical (unpaired) electrons. The molecule has 0 spiro atoms. The first-order chi connectivity index (χ1) is 7.81. The summed E-state index contributed by atoms with van der Waals surface area (Å²) in [5.41, 5.74) is 1.21. The Balaban J connectivity index is 2.16. The number of rotatable bonds is 2. The van der Waals surface area contributed by atoms with E-state index in [0.29, 0.717) is 0 Å². The Hall–Kier alpha value is -0.580. The molecule has 1 atom stereocenters. The molecule has 1 aliphatic heterocycles. The van der Waals surface area contributed by atoms with Gasteiger partial charge in [-0.1, -0.05) is 12.1 Å². The van der Waals surface area contributed by atoms with Gasteiger partial charge in [0.25, 0.3) is 0 Å². The fourth-order valence-electron chi connectivity index (χ4n) is 2.05. The molecule has 2 N–H and O–H groups in total. The molecule has 0 bridgehead atoms. The van der Waals surface area contributed by atoms with Crippen molar-refractivity contribution in [1.82, 2.24) is 5.32 Å². The molecular formula is C12H17BrN2O. The fraction of sp³-hybridized carbons (Fsp3) is 0.500. The number of hydrogen-bond donors (Lipinski definition) is 2. The van der Waals surface area contributed by atoms with E-state index < -0.39 is 0 Å². The van der Waals surface area contributed by atoms with Crippen LogP contribution in [-0.2, 0) is 0 Å². The first kappa shape index (κ1) is 11.9. The number of anilines is 1. The molecule has 3 nitrogen and oxygen atoms in total. The van der Waals surface area contributed by atoms with Crippen molar-refractivity contribution in [2.45, 2.75) is 12.5 Å². The van der Waals surface area contributed by atoms with Gasteiger partial charge in [-0.2, -0.15) is 0 Å². The lowest BCUT2D eigenvalue weighted by atomic mass is 10.2. The number of para-hydroxylation sites is 1. The molecule has 88 valence electrons. The zero-order valence-electron chi connectivity index (χ0n) is 9.19. The van der Waals surface area contributed by atoms with Gasteiger partial charge in [0.15, 0.2) is 0 Å². The smallest absolute Gasteiger partial charge is 0.0601 e. The third kappa shape index (κ3) is 2.75. The summed E-state index contributed by atoms with van der Waals surface area (Å²) in [5.74, 6) is 0. The van der Waals surface area contributed by atoms with E-state index in [1.165, 1.54) is 5.69 Å². The third-order valence-electron chi connectivity index (χ3n) is 2.89. The van der Waals surface area contributed by atoms with Crippen LogP contribution in [-0.4, -0.2) is 37.4 Å². The fourth-order valence-corrected chi connectivity index (χ4v) is 2.58.